The fourth-order valence-electron chi connectivity index (χ4n) is 2.95. The van der Waals surface area contributed by atoms with Crippen LogP contribution in [0.5, 0.6) is 5.75 Å². The van der Waals surface area contributed by atoms with Crippen molar-refractivity contribution in [3.8, 4) is 5.75 Å². The molecule has 0 saturated carbocycles. The maximum atomic E-state index is 12.3. The standard InChI is InChI=1S/C24H22N4O2S/c1-2-30-20-13-9-17(10-14-20)15-25-28-23(29)19-11-7-18(8-12-19)16-31-24-26-21-5-3-4-6-22(21)27-24/h3-15H,2,16H2,1H3,(H,26,27)(H,28,29). The third-order valence-electron chi connectivity index (χ3n) is 4.53. The lowest BCUT2D eigenvalue weighted by Gasteiger charge is -2.03. The number of carbonyl (C=O) groups excluding carboxylic acids is 1. The molecule has 156 valence electrons. The lowest BCUT2D eigenvalue weighted by atomic mass is 10.1. The van der Waals surface area contributed by atoms with Gasteiger partial charge >= 0.3 is 0 Å². The zero-order valence-electron chi connectivity index (χ0n) is 17.0. The Balaban J connectivity index is 1.29. The van der Waals surface area contributed by atoms with Crippen molar-refractivity contribution in [2.45, 2.75) is 17.8 Å². The van der Waals surface area contributed by atoms with E-state index in [1.54, 1.807) is 30.1 Å². The summed E-state index contributed by atoms with van der Waals surface area (Å²) in [6.07, 6.45) is 1.60. The smallest absolute Gasteiger partial charge is 0.271 e. The van der Waals surface area contributed by atoms with Crippen LogP contribution in [-0.4, -0.2) is 28.7 Å². The molecule has 0 atom stereocenters. The first kappa shape index (κ1) is 20.7. The van der Waals surface area contributed by atoms with E-state index in [-0.39, 0.29) is 5.91 Å². The SMILES string of the molecule is CCOc1ccc(C=NNC(=O)c2ccc(CSc3nc4ccccc4[nH]3)cc2)cc1. The number of nitrogens with one attached hydrogen (secondary N) is 2. The molecule has 0 saturated heterocycles. The number of nitrogens with zero attached hydrogens (tertiary/aromatic N) is 2. The minimum absolute atomic E-state index is 0.251. The largest absolute Gasteiger partial charge is 0.494 e. The Kier molecular flexibility index (Phi) is 6.64. The maximum Gasteiger partial charge on any atom is 0.271 e. The predicted octanol–water partition coefficient (Wildman–Crippen LogP) is 5.02. The molecule has 1 aromatic heterocycles. The van der Waals surface area contributed by atoms with Gasteiger partial charge in [0.2, 0.25) is 0 Å². The van der Waals surface area contributed by atoms with Crippen LogP contribution in [0.3, 0.4) is 0 Å². The summed E-state index contributed by atoms with van der Waals surface area (Å²) in [7, 11) is 0. The van der Waals surface area contributed by atoms with Crippen molar-refractivity contribution >= 4 is 34.9 Å². The molecule has 31 heavy (non-hydrogen) atoms. The number of hydrogen-bond donors (Lipinski definition) is 2. The highest BCUT2D eigenvalue weighted by Gasteiger charge is 2.06. The summed E-state index contributed by atoms with van der Waals surface area (Å²) in [6.45, 7) is 2.57. The molecule has 2 N–H and O–H groups in total. The molecule has 0 spiro atoms. The van der Waals surface area contributed by atoms with E-state index < -0.39 is 0 Å². The van der Waals surface area contributed by atoms with E-state index in [0.717, 1.165) is 38.8 Å². The molecule has 7 heteroatoms. The summed E-state index contributed by atoms with van der Waals surface area (Å²) in [5, 5.41) is 4.91. The van der Waals surface area contributed by atoms with Crippen molar-refractivity contribution in [1.29, 1.82) is 0 Å². The van der Waals surface area contributed by atoms with E-state index >= 15 is 0 Å². The van der Waals surface area contributed by atoms with Gasteiger partial charge in [-0.25, -0.2) is 10.4 Å². The fraction of sp³-hybridized carbons (Fsp3) is 0.125. The van der Waals surface area contributed by atoms with Crippen molar-refractivity contribution in [2.24, 2.45) is 5.10 Å². The third-order valence-corrected chi connectivity index (χ3v) is 5.47. The second-order valence-electron chi connectivity index (χ2n) is 6.75. The monoisotopic (exact) mass is 430 g/mol. The van der Waals surface area contributed by atoms with E-state index in [2.05, 4.69) is 20.5 Å². The normalized spacial score (nSPS) is 11.1. The molecule has 0 bridgehead atoms. The van der Waals surface area contributed by atoms with Gasteiger partial charge in [-0.15, -0.1) is 0 Å². The molecule has 0 aliphatic carbocycles. The zero-order chi connectivity index (χ0) is 21.5. The topological polar surface area (TPSA) is 79.4 Å². The van der Waals surface area contributed by atoms with Crippen molar-refractivity contribution in [3.05, 3.63) is 89.5 Å². The number of benzene rings is 3. The van der Waals surface area contributed by atoms with Gasteiger partial charge in [0.15, 0.2) is 5.16 Å². The van der Waals surface area contributed by atoms with Crippen molar-refractivity contribution in [1.82, 2.24) is 15.4 Å². The minimum Gasteiger partial charge on any atom is -0.494 e. The predicted molar refractivity (Wildman–Crippen MR) is 125 cm³/mol. The molecule has 4 rings (SSSR count). The zero-order valence-corrected chi connectivity index (χ0v) is 17.9. The molecule has 0 radical (unpaired) electrons. The average molecular weight is 431 g/mol. The van der Waals surface area contributed by atoms with Gasteiger partial charge in [0.25, 0.3) is 5.91 Å². The number of thioether (sulfide) groups is 1. The van der Waals surface area contributed by atoms with Gasteiger partial charge in [0, 0.05) is 11.3 Å². The molecule has 4 aromatic rings. The van der Waals surface area contributed by atoms with E-state index in [1.165, 1.54) is 0 Å². The van der Waals surface area contributed by atoms with Crippen LogP contribution in [-0.2, 0) is 5.75 Å². The first-order valence-corrected chi connectivity index (χ1v) is 10.9. The maximum absolute atomic E-state index is 12.3. The van der Waals surface area contributed by atoms with Crippen LogP contribution in [0.25, 0.3) is 11.0 Å². The molecule has 3 aromatic carbocycles. The Bertz CT molecular complexity index is 1150. The molecule has 0 fully saturated rings. The highest BCUT2D eigenvalue weighted by Crippen LogP contribution is 2.23. The highest BCUT2D eigenvalue weighted by atomic mass is 32.2. The molecule has 0 aliphatic heterocycles. The quantitative estimate of drug-likeness (QED) is 0.234. The van der Waals surface area contributed by atoms with E-state index in [9.17, 15) is 4.79 Å². The van der Waals surface area contributed by atoms with Gasteiger partial charge < -0.3 is 9.72 Å². The Labute approximate surface area is 184 Å². The van der Waals surface area contributed by atoms with E-state index in [1.807, 2.05) is 67.6 Å². The summed E-state index contributed by atoms with van der Waals surface area (Å²) < 4.78 is 5.41. The number of fused-ring (bicyclic) bond motifs is 1. The van der Waals surface area contributed by atoms with Crippen LogP contribution in [0.15, 0.2) is 83.1 Å². The van der Waals surface area contributed by atoms with Gasteiger partial charge in [0.1, 0.15) is 5.75 Å². The Morgan fingerprint density at radius 2 is 1.87 bits per heavy atom. The van der Waals surface area contributed by atoms with Crippen molar-refractivity contribution in [2.75, 3.05) is 6.61 Å². The first-order chi connectivity index (χ1) is 15.2. The lowest BCUT2D eigenvalue weighted by Crippen LogP contribution is -2.17. The van der Waals surface area contributed by atoms with Gasteiger partial charge in [-0.3, -0.25) is 4.79 Å². The molecule has 1 amide bonds. The summed E-state index contributed by atoms with van der Waals surface area (Å²) in [5.41, 5.74) is 7.09. The highest BCUT2D eigenvalue weighted by molar-refractivity contribution is 7.98. The Hall–Kier alpha value is -3.58. The van der Waals surface area contributed by atoms with Crippen LogP contribution in [0.1, 0.15) is 28.4 Å². The van der Waals surface area contributed by atoms with Crippen LogP contribution in [0.4, 0.5) is 0 Å². The number of H-pyrrole nitrogens is 1. The second-order valence-corrected chi connectivity index (χ2v) is 7.71. The molecule has 6 nitrogen and oxygen atoms in total. The number of ether oxygens (including phenoxy) is 1. The Morgan fingerprint density at radius 1 is 1.10 bits per heavy atom. The number of hydrazone groups is 1. The number of hydrogen-bond acceptors (Lipinski definition) is 5. The van der Waals surface area contributed by atoms with Gasteiger partial charge in [0.05, 0.1) is 23.9 Å². The summed E-state index contributed by atoms with van der Waals surface area (Å²) in [5.74, 6) is 1.32. The van der Waals surface area contributed by atoms with Gasteiger partial charge in [-0.1, -0.05) is 36.0 Å². The number of rotatable bonds is 8. The minimum atomic E-state index is -0.251. The number of aromatic nitrogens is 2. The van der Waals surface area contributed by atoms with Crippen LogP contribution >= 0.6 is 11.8 Å². The molecular weight excluding hydrogens is 408 g/mol. The number of carbonyl (C=O) groups is 1. The van der Waals surface area contributed by atoms with E-state index in [0.29, 0.717) is 12.2 Å². The molecular formula is C24H22N4O2S. The van der Waals surface area contributed by atoms with Crippen LogP contribution < -0.4 is 10.2 Å². The van der Waals surface area contributed by atoms with Gasteiger partial charge in [-0.2, -0.15) is 5.10 Å². The van der Waals surface area contributed by atoms with Crippen LogP contribution in [0.2, 0.25) is 0 Å². The van der Waals surface area contributed by atoms with Crippen molar-refractivity contribution in [3.63, 3.8) is 0 Å². The first-order valence-electron chi connectivity index (χ1n) is 9.94. The van der Waals surface area contributed by atoms with E-state index in [4.69, 9.17) is 4.74 Å². The molecule has 1 heterocycles. The van der Waals surface area contributed by atoms with Crippen molar-refractivity contribution < 1.29 is 9.53 Å². The van der Waals surface area contributed by atoms with Crippen LogP contribution in [0, 0.1) is 0 Å². The third kappa shape index (κ3) is 5.52. The lowest BCUT2D eigenvalue weighted by molar-refractivity contribution is 0.0955. The summed E-state index contributed by atoms with van der Waals surface area (Å²) in [6, 6.07) is 23.0. The number of aromatic amines is 1. The number of para-hydroxylation sites is 2. The number of amides is 1. The summed E-state index contributed by atoms with van der Waals surface area (Å²) >= 11 is 1.63. The second kappa shape index (κ2) is 9.95. The summed E-state index contributed by atoms with van der Waals surface area (Å²) in [4.78, 5) is 20.2. The molecule has 0 aliphatic rings. The molecule has 0 unspecified atom stereocenters. The van der Waals surface area contributed by atoms with Gasteiger partial charge in [-0.05, 0) is 66.6 Å². The number of imidazole rings is 1. The Morgan fingerprint density at radius 3 is 2.61 bits per heavy atom. The fourth-order valence-corrected chi connectivity index (χ4v) is 3.79. The average Bonchev–Trinajstić information content (AvgIpc) is 3.22.